The van der Waals surface area contributed by atoms with Gasteiger partial charge in [-0.2, -0.15) is 0 Å². The minimum absolute atomic E-state index is 0.154. The van der Waals surface area contributed by atoms with Gasteiger partial charge in [0.1, 0.15) is 5.82 Å². The topological polar surface area (TPSA) is 26.0 Å². The van der Waals surface area contributed by atoms with Gasteiger partial charge in [0.05, 0.1) is 6.04 Å². The third kappa shape index (κ3) is 2.88. The molecule has 19 heavy (non-hydrogen) atoms. The fourth-order valence-corrected chi connectivity index (χ4v) is 2.96. The van der Waals surface area contributed by atoms with Crippen molar-refractivity contribution in [2.75, 3.05) is 0 Å². The summed E-state index contributed by atoms with van der Waals surface area (Å²) in [6, 6.07) is 9.46. The molecule has 0 spiro atoms. The van der Waals surface area contributed by atoms with E-state index in [0.29, 0.717) is 11.1 Å². The molecule has 0 aliphatic carbocycles. The second kappa shape index (κ2) is 5.43. The quantitative estimate of drug-likeness (QED) is 0.862. The van der Waals surface area contributed by atoms with Crippen LogP contribution in [0.5, 0.6) is 0 Å². The molecule has 2 aromatic rings. The summed E-state index contributed by atoms with van der Waals surface area (Å²) in [4.78, 5) is 0. The number of rotatable bonds is 2. The first-order valence-corrected chi connectivity index (χ1v) is 6.97. The van der Waals surface area contributed by atoms with Crippen molar-refractivity contribution in [3.63, 3.8) is 0 Å². The van der Waals surface area contributed by atoms with Crippen molar-refractivity contribution in [2.24, 2.45) is 5.73 Å². The van der Waals surface area contributed by atoms with Gasteiger partial charge in [-0.05, 0) is 54.7 Å². The minimum atomic E-state index is -0.257. The molecular formula is C16H17BrFN. The normalized spacial score (nSPS) is 12.5. The number of halogens is 2. The molecule has 1 nitrogen and oxygen atoms in total. The lowest BCUT2D eigenvalue weighted by Crippen LogP contribution is -2.13. The average molecular weight is 322 g/mol. The van der Waals surface area contributed by atoms with E-state index in [1.807, 2.05) is 37.3 Å². The van der Waals surface area contributed by atoms with Crippen molar-refractivity contribution in [3.8, 4) is 0 Å². The largest absolute Gasteiger partial charge is 0.320 e. The summed E-state index contributed by atoms with van der Waals surface area (Å²) >= 11 is 3.54. The van der Waals surface area contributed by atoms with Crippen LogP contribution < -0.4 is 5.73 Å². The molecule has 1 unspecified atom stereocenters. The highest BCUT2D eigenvalue weighted by molar-refractivity contribution is 9.10. The molecule has 0 heterocycles. The van der Waals surface area contributed by atoms with Crippen LogP contribution in [0.2, 0.25) is 0 Å². The maximum Gasteiger partial charge on any atom is 0.129 e. The smallest absolute Gasteiger partial charge is 0.129 e. The summed E-state index contributed by atoms with van der Waals surface area (Å²) in [5, 5.41) is 0. The predicted octanol–water partition coefficient (Wildman–Crippen LogP) is 4.56. The molecule has 0 aliphatic heterocycles. The van der Waals surface area contributed by atoms with Gasteiger partial charge >= 0.3 is 0 Å². The molecule has 1 atom stereocenters. The summed E-state index contributed by atoms with van der Waals surface area (Å²) < 4.78 is 14.6. The minimum Gasteiger partial charge on any atom is -0.320 e. The Morgan fingerprint density at radius 1 is 1.05 bits per heavy atom. The van der Waals surface area contributed by atoms with Crippen LogP contribution in [0.3, 0.4) is 0 Å². The Morgan fingerprint density at radius 2 is 1.63 bits per heavy atom. The molecule has 0 saturated heterocycles. The summed E-state index contributed by atoms with van der Waals surface area (Å²) in [6.07, 6.45) is 0. The van der Waals surface area contributed by atoms with Crippen LogP contribution in [-0.2, 0) is 0 Å². The van der Waals surface area contributed by atoms with E-state index in [-0.39, 0.29) is 11.9 Å². The van der Waals surface area contributed by atoms with Gasteiger partial charge in [-0.3, -0.25) is 0 Å². The highest BCUT2D eigenvalue weighted by Gasteiger charge is 2.14. The molecule has 2 aromatic carbocycles. The maximum absolute atomic E-state index is 13.7. The third-order valence-electron chi connectivity index (χ3n) is 3.31. The lowest BCUT2D eigenvalue weighted by molar-refractivity contribution is 0.607. The van der Waals surface area contributed by atoms with Gasteiger partial charge < -0.3 is 5.73 Å². The monoisotopic (exact) mass is 321 g/mol. The zero-order chi connectivity index (χ0) is 14.2. The van der Waals surface area contributed by atoms with Gasteiger partial charge in [0.2, 0.25) is 0 Å². The molecule has 0 bridgehead atoms. The molecule has 3 heteroatoms. The van der Waals surface area contributed by atoms with Crippen molar-refractivity contribution in [2.45, 2.75) is 26.8 Å². The van der Waals surface area contributed by atoms with Crippen LogP contribution >= 0.6 is 15.9 Å². The Kier molecular flexibility index (Phi) is 4.07. The molecule has 2 N–H and O–H groups in total. The van der Waals surface area contributed by atoms with Crippen LogP contribution in [-0.4, -0.2) is 0 Å². The average Bonchev–Trinajstić information content (AvgIpc) is 2.34. The SMILES string of the molecule is Cc1ccc(C(N)c2cc(C)c(F)c(C)c2)c(Br)c1. The van der Waals surface area contributed by atoms with Crippen molar-refractivity contribution < 1.29 is 4.39 Å². The van der Waals surface area contributed by atoms with E-state index >= 15 is 0 Å². The summed E-state index contributed by atoms with van der Waals surface area (Å²) in [6.45, 7) is 5.57. The molecule has 0 fully saturated rings. The van der Waals surface area contributed by atoms with Crippen molar-refractivity contribution in [1.29, 1.82) is 0 Å². The highest BCUT2D eigenvalue weighted by Crippen LogP contribution is 2.29. The summed E-state index contributed by atoms with van der Waals surface area (Å²) in [7, 11) is 0. The summed E-state index contributed by atoms with van der Waals surface area (Å²) in [5.74, 6) is -0.154. The maximum atomic E-state index is 13.7. The first-order valence-electron chi connectivity index (χ1n) is 6.18. The van der Waals surface area contributed by atoms with E-state index in [0.717, 1.165) is 15.6 Å². The zero-order valence-corrected chi connectivity index (χ0v) is 12.9. The first-order chi connectivity index (χ1) is 8.90. The van der Waals surface area contributed by atoms with Gasteiger partial charge in [0, 0.05) is 4.47 Å². The van der Waals surface area contributed by atoms with Crippen LogP contribution in [0.15, 0.2) is 34.8 Å². The lowest BCUT2D eigenvalue weighted by Gasteiger charge is -2.17. The van der Waals surface area contributed by atoms with E-state index in [9.17, 15) is 4.39 Å². The fourth-order valence-electron chi connectivity index (χ4n) is 2.22. The first kappa shape index (κ1) is 14.2. The Hall–Kier alpha value is -1.19. The second-order valence-corrected chi connectivity index (χ2v) is 5.83. The number of benzene rings is 2. The molecular weight excluding hydrogens is 305 g/mol. The number of hydrogen-bond donors (Lipinski definition) is 1. The fraction of sp³-hybridized carbons (Fsp3) is 0.250. The number of hydrogen-bond acceptors (Lipinski definition) is 1. The third-order valence-corrected chi connectivity index (χ3v) is 4.00. The van der Waals surface area contributed by atoms with Crippen LogP contribution in [0, 0.1) is 26.6 Å². The Morgan fingerprint density at radius 3 is 2.16 bits per heavy atom. The van der Waals surface area contributed by atoms with Gasteiger partial charge in [0.15, 0.2) is 0 Å². The highest BCUT2D eigenvalue weighted by atomic mass is 79.9. The Bertz CT molecular complexity index is 599. The van der Waals surface area contributed by atoms with Gasteiger partial charge in [-0.1, -0.05) is 40.2 Å². The molecule has 2 rings (SSSR count). The Labute approximate surface area is 121 Å². The van der Waals surface area contributed by atoms with E-state index in [1.54, 1.807) is 13.8 Å². The molecule has 0 saturated carbocycles. The molecule has 0 aromatic heterocycles. The van der Waals surface area contributed by atoms with E-state index in [2.05, 4.69) is 15.9 Å². The second-order valence-electron chi connectivity index (χ2n) is 4.97. The van der Waals surface area contributed by atoms with Crippen LogP contribution in [0.25, 0.3) is 0 Å². The molecule has 0 amide bonds. The van der Waals surface area contributed by atoms with Crippen LogP contribution in [0.1, 0.15) is 33.9 Å². The Balaban J connectivity index is 2.47. The van der Waals surface area contributed by atoms with Crippen molar-refractivity contribution in [1.82, 2.24) is 0 Å². The molecule has 0 radical (unpaired) electrons. The van der Waals surface area contributed by atoms with Crippen LogP contribution in [0.4, 0.5) is 4.39 Å². The van der Waals surface area contributed by atoms with Gasteiger partial charge in [-0.15, -0.1) is 0 Å². The van der Waals surface area contributed by atoms with Gasteiger partial charge in [-0.25, -0.2) is 4.39 Å². The number of nitrogens with two attached hydrogens (primary N) is 1. The lowest BCUT2D eigenvalue weighted by atomic mass is 9.95. The van der Waals surface area contributed by atoms with E-state index < -0.39 is 0 Å². The molecule has 100 valence electrons. The number of aryl methyl sites for hydroxylation is 3. The van der Waals surface area contributed by atoms with Crippen molar-refractivity contribution in [3.05, 3.63) is 68.4 Å². The van der Waals surface area contributed by atoms with Crippen molar-refractivity contribution >= 4 is 15.9 Å². The predicted molar refractivity (Wildman–Crippen MR) is 80.8 cm³/mol. The zero-order valence-electron chi connectivity index (χ0n) is 11.3. The van der Waals surface area contributed by atoms with E-state index in [4.69, 9.17) is 5.73 Å². The van der Waals surface area contributed by atoms with E-state index in [1.165, 1.54) is 5.56 Å². The van der Waals surface area contributed by atoms with Gasteiger partial charge in [0.25, 0.3) is 0 Å². The standard InChI is InChI=1S/C16H17BrFN/c1-9-4-5-13(14(17)6-9)16(19)12-7-10(2)15(18)11(3)8-12/h4-8,16H,19H2,1-3H3. The molecule has 0 aliphatic rings. The summed E-state index contributed by atoms with van der Waals surface area (Å²) in [5.41, 5.74) is 10.7.